The second-order valence-corrected chi connectivity index (χ2v) is 13.8. The van der Waals surface area contributed by atoms with E-state index in [1.165, 1.54) is 26.8 Å². The average molecular weight is 636 g/mol. The fraction of sp³-hybridized carbons (Fsp3) is 0.0930. The van der Waals surface area contributed by atoms with Crippen molar-refractivity contribution in [1.29, 1.82) is 0 Å². The summed E-state index contributed by atoms with van der Waals surface area (Å²) in [6.07, 6.45) is 14.0. The van der Waals surface area contributed by atoms with Gasteiger partial charge in [-0.1, -0.05) is 121 Å². The zero-order valence-electron chi connectivity index (χ0n) is 26.0. The third-order valence-electron chi connectivity index (χ3n) is 9.81. The Morgan fingerprint density at radius 1 is 0.646 bits per heavy atom. The van der Waals surface area contributed by atoms with Crippen LogP contribution in [0.5, 0.6) is 0 Å². The molecule has 7 aromatic rings. The van der Waals surface area contributed by atoms with Gasteiger partial charge >= 0.3 is 0 Å². The predicted molar refractivity (Wildman–Crippen MR) is 196 cm³/mol. The van der Waals surface area contributed by atoms with E-state index in [1.807, 2.05) is 30.0 Å². The molecule has 5 aromatic carbocycles. The first-order valence-electron chi connectivity index (χ1n) is 16.5. The van der Waals surface area contributed by atoms with Crippen molar-refractivity contribution in [2.75, 3.05) is 0 Å². The van der Waals surface area contributed by atoms with Gasteiger partial charge in [-0.2, -0.15) is 0 Å². The van der Waals surface area contributed by atoms with E-state index in [2.05, 4.69) is 127 Å². The SMILES string of the molecule is C1=CC2Sc3cccc(-c4nc(-c5ccccc5)nc(C5CC=Cc6oc7cccc(-c8ccc9ccccc9c8)c7c65)n4)c3C2C=C1. The van der Waals surface area contributed by atoms with E-state index >= 15 is 0 Å². The number of nitrogens with zero attached hydrogens (tertiary/aromatic N) is 3. The monoisotopic (exact) mass is 635 g/mol. The molecule has 0 saturated carbocycles. The van der Waals surface area contributed by atoms with Crippen molar-refractivity contribution in [3.05, 3.63) is 162 Å². The normalized spacial score (nSPS) is 19.0. The molecule has 3 unspecified atom stereocenters. The largest absolute Gasteiger partial charge is 0.456 e. The van der Waals surface area contributed by atoms with Gasteiger partial charge in [0.15, 0.2) is 11.6 Å². The van der Waals surface area contributed by atoms with Crippen LogP contribution >= 0.6 is 11.8 Å². The Morgan fingerprint density at radius 2 is 1.46 bits per heavy atom. The summed E-state index contributed by atoms with van der Waals surface area (Å²) in [6.45, 7) is 0. The molecule has 0 radical (unpaired) electrons. The number of aromatic nitrogens is 3. The van der Waals surface area contributed by atoms with Gasteiger partial charge < -0.3 is 4.42 Å². The number of thioether (sulfide) groups is 1. The lowest BCUT2D eigenvalue weighted by Crippen LogP contribution is -2.13. The fourth-order valence-electron chi connectivity index (χ4n) is 7.60. The first-order chi connectivity index (χ1) is 23.8. The number of fused-ring (bicyclic) bond motifs is 7. The predicted octanol–water partition coefficient (Wildman–Crippen LogP) is 11.0. The van der Waals surface area contributed by atoms with Crippen LogP contribution in [0.15, 0.2) is 149 Å². The van der Waals surface area contributed by atoms with Gasteiger partial charge in [0, 0.05) is 38.1 Å². The molecular weight excluding hydrogens is 607 g/mol. The fourth-order valence-corrected chi connectivity index (χ4v) is 8.96. The highest BCUT2D eigenvalue weighted by Gasteiger charge is 2.35. The van der Waals surface area contributed by atoms with Gasteiger partial charge in [0.1, 0.15) is 17.2 Å². The Hall–Kier alpha value is -5.52. The van der Waals surface area contributed by atoms with E-state index < -0.39 is 0 Å². The van der Waals surface area contributed by atoms with Crippen molar-refractivity contribution >= 4 is 39.6 Å². The average Bonchev–Trinajstić information content (AvgIpc) is 3.73. The van der Waals surface area contributed by atoms with Crippen LogP contribution in [0, 0.1) is 0 Å². The summed E-state index contributed by atoms with van der Waals surface area (Å²) in [6, 6.07) is 38.4. The van der Waals surface area contributed by atoms with Gasteiger partial charge in [0.2, 0.25) is 0 Å². The van der Waals surface area contributed by atoms with E-state index in [1.54, 1.807) is 0 Å². The minimum Gasteiger partial charge on any atom is -0.456 e. The number of rotatable bonds is 4. The van der Waals surface area contributed by atoms with Crippen LogP contribution in [0.2, 0.25) is 0 Å². The first kappa shape index (κ1) is 27.6. The molecule has 2 aliphatic carbocycles. The Balaban J connectivity index is 1.18. The van der Waals surface area contributed by atoms with Crippen molar-refractivity contribution in [3.8, 4) is 33.9 Å². The van der Waals surface area contributed by atoms with Crippen LogP contribution < -0.4 is 0 Å². The molecular formula is C43H29N3OS. The molecule has 2 aromatic heterocycles. The lowest BCUT2D eigenvalue weighted by molar-refractivity contribution is 0.586. The standard InChI is InChI=1S/C43H29N3OS/c1-2-12-27(13-3-1)41-44-42(32-18-10-22-37-38(32)31-15-6-7-21-36(31)48-37)46-43(45-41)33-17-9-20-35-40(33)39-30(16-8-19-34(39)47-35)29-24-23-26-11-4-5-14-28(26)25-29/h1-16,18-25,31,33,36H,17H2. The molecule has 0 N–H and O–H groups in total. The summed E-state index contributed by atoms with van der Waals surface area (Å²) < 4.78 is 6.57. The molecule has 48 heavy (non-hydrogen) atoms. The van der Waals surface area contributed by atoms with Gasteiger partial charge in [0.05, 0.1) is 5.92 Å². The quantitative estimate of drug-likeness (QED) is 0.193. The maximum atomic E-state index is 6.57. The van der Waals surface area contributed by atoms with Gasteiger partial charge in [-0.3, -0.25) is 0 Å². The summed E-state index contributed by atoms with van der Waals surface area (Å²) in [5.41, 5.74) is 7.70. The van der Waals surface area contributed by atoms with Crippen molar-refractivity contribution < 1.29 is 4.42 Å². The Kier molecular flexibility index (Phi) is 6.34. The van der Waals surface area contributed by atoms with Crippen molar-refractivity contribution in [2.24, 2.45) is 0 Å². The molecule has 228 valence electrons. The van der Waals surface area contributed by atoms with Crippen molar-refractivity contribution in [1.82, 2.24) is 15.0 Å². The second-order valence-electron chi connectivity index (χ2n) is 12.6. The number of hydrogen-bond donors (Lipinski definition) is 0. The highest BCUT2D eigenvalue weighted by atomic mass is 32.2. The maximum absolute atomic E-state index is 6.57. The molecule has 10 rings (SSSR count). The summed E-state index contributed by atoms with van der Waals surface area (Å²) in [4.78, 5) is 17.0. The van der Waals surface area contributed by atoms with E-state index in [4.69, 9.17) is 19.4 Å². The van der Waals surface area contributed by atoms with Crippen molar-refractivity contribution in [2.45, 2.75) is 28.4 Å². The highest BCUT2D eigenvalue weighted by Crippen LogP contribution is 2.51. The molecule has 3 aliphatic rings. The molecule has 5 heteroatoms. The van der Waals surface area contributed by atoms with Gasteiger partial charge in [-0.15, -0.1) is 11.8 Å². The third-order valence-corrected chi connectivity index (χ3v) is 11.1. The minimum absolute atomic E-state index is 0.103. The molecule has 4 nitrogen and oxygen atoms in total. The maximum Gasteiger partial charge on any atom is 0.164 e. The Morgan fingerprint density at radius 3 is 2.40 bits per heavy atom. The number of benzene rings is 5. The number of furan rings is 1. The summed E-state index contributed by atoms with van der Waals surface area (Å²) >= 11 is 1.92. The smallest absolute Gasteiger partial charge is 0.164 e. The van der Waals surface area contributed by atoms with Crippen LogP contribution in [0.3, 0.4) is 0 Å². The van der Waals surface area contributed by atoms with Gasteiger partial charge in [-0.25, -0.2) is 15.0 Å². The van der Waals surface area contributed by atoms with Crippen LogP contribution in [-0.4, -0.2) is 20.2 Å². The molecule has 0 saturated heterocycles. The topological polar surface area (TPSA) is 51.8 Å². The molecule has 0 amide bonds. The zero-order chi connectivity index (χ0) is 31.6. The first-order valence-corrected chi connectivity index (χ1v) is 17.3. The molecule has 3 atom stereocenters. The third kappa shape index (κ3) is 4.42. The van der Waals surface area contributed by atoms with Gasteiger partial charge in [-0.05, 0) is 58.2 Å². The van der Waals surface area contributed by atoms with Crippen LogP contribution in [0.25, 0.3) is 61.7 Å². The van der Waals surface area contributed by atoms with Crippen LogP contribution in [0.1, 0.15) is 41.0 Å². The Bertz CT molecular complexity index is 2490. The lowest BCUT2D eigenvalue weighted by Gasteiger charge is -2.21. The van der Waals surface area contributed by atoms with Gasteiger partial charge in [0.25, 0.3) is 0 Å². The van der Waals surface area contributed by atoms with E-state index in [-0.39, 0.29) is 11.8 Å². The number of allylic oxidation sites excluding steroid dienone is 4. The molecule has 0 spiro atoms. The molecule has 1 aliphatic heterocycles. The number of hydrogen-bond acceptors (Lipinski definition) is 5. The Labute approximate surface area is 282 Å². The van der Waals surface area contributed by atoms with E-state index in [9.17, 15) is 0 Å². The summed E-state index contributed by atoms with van der Waals surface area (Å²) in [5, 5.41) is 3.96. The highest BCUT2D eigenvalue weighted by molar-refractivity contribution is 8.00. The molecule has 0 bridgehead atoms. The summed E-state index contributed by atoms with van der Waals surface area (Å²) in [5.74, 6) is 3.23. The van der Waals surface area contributed by atoms with Crippen LogP contribution in [-0.2, 0) is 0 Å². The van der Waals surface area contributed by atoms with Crippen molar-refractivity contribution in [3.63, 3.8) is 0 Å². The zero-order valence-corrected chi connectivity index (χ0v) is 26.8. The summed E-state index contributed by atoms with van der Waals surface area (Å²) in [7, 11) is 0. The lowest BCUT2D eigenvalue weighted by atomic mass is 9.85. The molecule has 0 fully saturated rings. The molecule has 3 heterocycles. The van der Waals surface area contributed by atoms with Crippen LogP contribution in [0.4, 0.5) is 0 Å². The van der Waals surface area contributed by atoms with E-state index in [0.717, 1.165) is 57.1 Å². The minimum atomic E-state index is -0.103. The second kappa shape index (κ2) is 11.0. The van der Waals surface area contributed by atoms with E-state index in [0.29, 0.717) is 11.1 Å².